The second-order valence-corrected chi connectivity index (χ2v) is 9.10. The van der Waals surface area contributed by atoms with Gasteiger partial charge in [0.15, 0.2) is 5.96 Å². The Kier molecular flexibility index (Phi) is 9.08. The first-order chi connectivity index (χ1) is 13.9. The Labute approximate surface area is 196 Å². The third-order valence-corrected chi connectivity index (χ3v) is 7.08. The lowest BCUT2D eigenvalue weighted by Crippen LogP contribution is -2.47. The van der Waals surface area contributed by atoms with Gasteiger partial charge in [0.25, 0.3) is 0 Å². The van der Waals surface area contributed by atoms with Crippen LogP contribution in [0.25, 0.3) is 0 Å². The van der Waals surface area contributed by atoms with Crippen molar-refractivity contribution in [3.63, 3.8) is 0 Å². The highest BCUT2D eigenvalue weighted by atomic mass is 127. The number of guanidine groups is 1. The highest BCUT2D eigenvalue weighted by molar-refractivity contribution is 14.0. The second-order valence-electron chi connectivity index (χ2n) is 7.20. The Balaban J connectivity index is 0.00000320. The number of sulfonamides is 1. The van der Waals surface area contributed by atoms with Crippen LogP contribution in [0.2, 0.25) is 0 Å². The predicted octanol–water partition coefficient (Wildman–Crippen LogP) is 2.73. The van der Waals surface area contributed by atoms with Crippen LogP contribution >= 0.6 is 24.0 Å². The molecular weight excluding hydrogens is 513 g/mol. The van der Waals surface area contributed by atoms with Crippen LogP contribution in [-0.2, 0) is 23.0 Å². The van der Waals surface area contributed by atoms with Gasteiger partial charge in [0.05, 0.1) is 11.4 Å². The molecule has 0 bridgehead atoms. The quantitative estimate of drug-likeness (QED) is 0.332. The van der Waals surface area contributed by atoms with Crippen LogP contribution in [0.3, 0.4) is 0 Å². The van der Waals surface area contributed by atoms with E-state index in [1.54, 1.807) is 22.5 Å². The first kappa shape index (κ1) is 24.6. The monoisotopic (exact) mass is 543 g/mol. The number of aliphatic imine (C=N–C) groups is 1. The van der Waals surface area contributed by atoms with Crippen LogP contribution in [0.4, 0.5) is 5.69 Å². The number of hydrogen-bond donors (Lipinski definition) is 2. The molecule has 0 amide bonds. The molecule has 0 atom stereocenters. The van der Waals surface area contributed by atoms with Gasteiger partial charge >= 0.3 is 0 Å². The zero-order valence-electron chi connectivity index (χ0n) is 17.4. The number of likely N-dealkylation sites (N-methyl/N-ethyl adjacent to an activating group) is 1. The lowest BCUT2D eigenvalue weighted by molar-refractivity contribution is 0.222. The lowest BCUT2D eigenvalue weighted by Gasteiger charge is -2.32. The van der Waals surface area contributed by atoms with Crippen molar-refractivity contribution >= 4 is 45.6 Å². The molecule has 0 aromatic heterocycles. The van der Waals surface area contributed by atoms with E-state index in [1.807, 2.05) is 31.3 Å². The summed E-state index contributed by atoms with van der Waals surface area (Å²) >= 11 is 0. The first-order valence-corrected chi connectivity index (χ1v) is 11.3. The van der Waals surface area contributed by atoms with E-state index in [0.717, 1.165) is 25.2 Å². The number of piperazine rings is 1. The minimum absolute atomic E-state index is 0. The van der Waals surface area contributed by atoms with E-state index < -0.39 is 10.0 Å². The zero-order valence-corrected chi connectivity index (χ0v) is 20.6. The van der Waals surface area contributed by atoms with Crippen molar-refractivity contribution in [3.8, 4) is 0 Å². The van der Waals surface area contributed by atoms with E-state index in [2.05, 4.69) is 28.2 Å². The smallest absolute Gasteiger partial charge is 0.243 e. The largest absolute Gasteiger partial charge is 0.370 e. The van der Waals surface area contributed by atoms with Gasteiger partial charge in [-0.3, -0.25) is 0 Å². The summed E-state index contributed by atoms with van der Waals surface area (Å²) in [6.45, 7) is 4.73. The summed E-state index contributed by atoms with van der Waals surface area (Å²) in [6, 6.07) is 15.0. The molecule has 0 unspecified atom stereocenters. The summed E-state index contributed by atoms with van der Waals surface area (Å²) in [7, 11) is -1.56. The van der Waals surface area contributed by atoms with Gasteiger partial charge in [-0.15, -0.1) is 24.0 Å². The Hall–Kier alpha value is -1.69. The van der Waals surface area contributed by atoms with Crippen molar-refractivity contribution in [2.75, 3.05) is 38.5 Å². The van der Waals surface area contributed by atoms with Crippen molar-refractivity contribution in [2.24, 2.45) is 10.7 Å². The molecule has 9 heteroatoms. The fraction of sp³-hybridized carbons (Fsp3) is 0.381. The van der Waals surface area contributed by atoms with Crippen LogP contribution in [-0.4, -0.2) is 56.8 Å². The molecule has 3 N–H and O–H groups in total. The molecule has 7 nitrogen and oxygen atoms in total. The van der Waals surface area contributed by atoms with Crippen LogP contribution in [0, 0.1) is 0 Å². The van der Waals surface area contributed by atoms with Crippen molar-refractivity contribution < 1.29 is 8.42 Å². The van der Waals surface area contributed by atoms with E-state index in [-0.39, 0.29) is 36.5 Å². The van der Waals surface area contributed by atoms with Crippen molar-refractivity contribution in [3.05, 3.63) is 59.7 Å². The van der Waals surface area contributed by atoms with E-state index in [4.69, 9.17) is 5.73 Å². The van der Waals surface area contributed by atoms with Crippen molar-refractivity contribution in [1.82, 2.24) is 9.21 Å². The maximum absolute atomic E-state index is 13.1. The zero-order chi connectivity index (χ0) is 20.9. The van der Waals surface area contributed by atoms with Gasteiger partial charge in [0, 0.05) is 31.9 Å². The maximum Gasteiger partial charge on any atom is 0.243 e. The molecule has 30 heavy (non-hydrogen) atoms. The van der Waals surface area contributed by atoms with Gasteiger partial charge in [0.2, 0.25) is 10.0 Å². The molecule has 1 heterocycles. The minimum atomic E-state index is -3.56. The lowest BCUT2D eigenvalue weighted by atomic mass is 10.1. The number of aryl methyl sites for hydroxylation is 1. The summed E-state index contributed by atoms with van der Waals surface area (Å²) in [5, 5.41) is 3.08. The summed E-state index contributed by atoms with van der Waals surface area (Å²) < 4.78 is 27.8. The second kappa shape index (κ2) is 11.1. The van der Waals surface area contributed by atoms with Gasteiger partial charge in [-0.2, -0.15) is 4.31 Å². The molecule has 3 rings (SSSR count). The minimum Gasteiger partial charge on any atom is -0.370 e. The Morgan fingerprint density at radius 3 is 2.50 bits per heavy atom. The first-order valence-electron chi connectivity index (χ1n) is 9.82. The summed E-state index contributed by atoms with van der Waals surface area (Å²) in [5.74, 6) is 0.255. The van der Waals surface area contributed by atoms with E-state index in [0.29, 0.717) is 23.5 Å². The predicted molar refractivity (Wildman–Crippen MR) is 133 cm³/mol. The van der Waals surface area contributed by atoms with Gasteiger partial charge in [0.1, 0.15) is 0 Å². The summed E-state index contributed by atoms with van der Waals surface area (Å²) in [5.41, 5.74) is 8.74. The van der Waals surface area contributed by atoms with Crippen LogP contribution in [0.15, 0.2) is 58.4 Å². The van der Waals surface area contributed by atoms with Gasteiger partial charge in [-0.25, -0.2) is 13.4 Å². The average Bonchev–Trinajstić information content (AvgIpc) is 2.73. The van der Waals surface area contributed by atoms with Crippen LogP contribution in [0.1, 0.15) is 18.1 Å². The van der Waals surface area contributed by atoms with Gasteiger partial charge < -0.3 is 16.0 Å². The molecule has 1 aliphatic heterocycles. The van der Waals surface area contributed by atoms with Crippen LogP contribution < -0.4 is 11.1 Å². The Morgan fingerprint density at radius 1 is 1.10 bits per heavy atom. The van der Waals surface area contributed by atoms with Crippen molar-refractivity contribution in [1.29, 1.82) is 0 Å². The third kappa shape index (κ3) is 6.16. The number of anilines is 1. The van der Waals surface area contributed by atoms with E-state index in [9.17, 15) is 8.42 Å². The fourth-order valence-electron chi connectivity index (χ4n) is 3.28. The fourth-order valence-corrected chi connectivity index (χ4v) is 4.92. The SMILES string of the molecule is CCc1cccc(NC(N)=NCc2ccccc2S(=O)(=O)N2CCN(C)CC2)c1.I. The molecule has 1 saturated heterocycles. The highest BCUT2D eigenvalue weighted by Gasteiger charge is 2.29. The van der Waals surface area contributed by atoms with E-state index >= 15 is 0 Å². The number of rotatable bonds is 6. The molecule has 0 saturated carbocycles. The maximum atomic E-state index is 13.1. The normalized spacial score (nSPS) is 16.1. The number of nitrogens with zero attached hydrogens (tertiary/aromatic N) is 3. The Bertz CT molecular complexity index is 973. The highest BCUT2D eigenvalue weighted by Crippen LogP contribution is 2.22. The third-order valence-electron chi connectivity index (χ3n) is 5.08. The standard InChI is InChI=1S/C21H29N5O2S.HI/c1-3-17-7-6-9-19(15-17)24-21(22)23-16-18-8-4-5-10-20(18)29(27,28)26-13-11-25(2)12-14-26;/h4-10,15H,3,11-14,16H2,1-2H3,(H3,22,23,24);1H. The number of nitrogens with one attached hydrogen (secondary N) is 1. The molecule has 0 radical (unpaired) electrons. The van der Waals surface area contributed by atoms with Gasteiger partial charge in [-0.1, -0.05) is 37.3 Å². The summed E-state index contributed by atoms with van der Waals surface area (Å²) in [6.07, 6.45) is 0.935. The van der Waals surface area contributed by atoms with Crippen LogP contribution in [0.5, 0.6) is 0 Å². The molecule has 164 valence electrons. The molecule has 1 aliphatic rings. The number of benzene rings is 2. The topological polar surface area (TPSA) is 91.0 Å². The number of nitrogens with two attached hydrogens (primary N) is 1. The Morgan fingerprint density at radius 2 is 1.80 bits per heavy atom. The summed E-state index contributed by atoms with van der Waals surface area (Å²) in [4.78, 5) is 6.80. The molecule has 2 aromatic rings. The molecule has 2 aromatic carbocycles. The van der Waals surface area contributed by atoms with Gasteiger partial charge in [-0.05, 0) is 42.8 Å². The molecule has 0 spiro atoms. The van der Waals surface area contributed by atoms with Crippen molar-refractivity contribution in [2.45, 2.75) is 24.8 Å². The molecular formula is C21H30IN5O2S. The molecule has 0 aliphatic carbocycles. The molecule has 1 fully saturated rings. The average molecular weight is 543 g/mol. The number of halogens is 1. The van der Waals surface area contributed by atoms with E-state index in [1.165, 1.54) is 5.56 Å². The number of hydrogen-bond acceptors (Lipinski definition) is 4.